The highest BCUT2D eigenvalue weighted by Gasteiger charge is 2.06. The van der Waals surface area contributed by atoms with Crippen molar-refractivity contribution < 1.29 is 9.18 Å². The molecule has 0 saturated heterocycles. The SMILES string of the molecule is O=C(CCc1cccc(F)c1)NCc1cn2ccsc2n1. The van der Waals surface area contributed by atoms with Gasteiger partial charge < -0.3 is 5.32 Å². The number of amides is 1. The molecule has 3 rings (SSSR count). The lowest BCUT2D eigenvalue weighted by molar-refractivity contribution is -0.121. The highest BCUT2D eigenvalue weighted by Crippen LogP contribution is 2.11. The summed E-state index contributed by atoms with van der Waals surface area (Å²) in [5, 5.41) is 4.79. The zero-order chi connectivity index (χ0) is 14.7. The van der Waals surface area contributed by atoms with Crippen molar-refractivity contribution in [3.05, 3.63) is 59.1 Å². The van der Waals surface area contributed by atoms with E-state index in [0.717, 1.165) is 16.2 Å². The third kappa shape index (κ3) is 3.46. The molecule has 2 heterocycles. The zero-order valence-electron chi connectivity index (χ0n) is 11.3. The van der Waals surface area contributed by atoms with Crippen molar-refractivity contribution in [2.45, 2.75) is 19.4 Å². The topological polar surface area (TPSA) is 46.4 Å². The average Bonchev–Trinajstić information content (AvgIpc) is 3.04. The Hall–Kier alpha value is -2.21. The van der Waals surface area contributed by atoms with Crippen LogP contribution in [0.25, 0.3) is 4.96 Å². The Bertz CT molecular complexity index is 736. The number of nitrogens with one attached hydrogen (secondary N) is 1. The van der Waals surface area contributed by atoms with Crippen LogP contribution in [0.3, 0.4) is 0 Å². The lowest BCUT2D eigenvalue weighted by Gasteiger charge is -2.03. The number of rotatable bonds is 5. The van der Waals surface area contributed by atoms with Crippen molar-refractivity contribution in [2.75, 3.05) is 0 Å². The molecule has 1 amide bonds. The number of hydrogen-bond acceptors (Lipinski definition) is 3. The fraction of sp³-hybridized carbons (Fsp3) is 0.200. The monoisotopic (exact) mass is 303 g/mol. The summed E-state index contributed by atoms with van der Waals surface area (Å²) in [6.45, 7) is 0.413. The van der Waals surface area contributed by atoms with E-state index < -0.39 is 0 Å². The van der Waals surface area contributed by atoms with Gasteiger partial charge in [0.15, 0.2) is 4.96 Å². The number of fused-ring (bicyclic) bond motifs is 1. The van der Waals surface area contributed by atoms with E-state index in [2.05, 4.69) is 10.3 Å². The smallest absolute Gasteiger partial charge is 0.220 e. The molecule has 4 nitrogen and oxygen atoms in total. The van der Waals surface area contributed by atoms with Crippen LogP contribution in [0.1, 0.15) is 17.7 Å². The first-order valence-corrected chi connectivity index (χ1v) is 7.51. The third-order valence-electron chi connectivity index (χ3n) is 3.14. The molecule has 2 aromatic heterocycles. The molecule has 0 fully saturated rings. The molecule has 0 aliphatic heterocycles. The van der Waals surface area contributed by atoms with Gasteiger partial charge in [-0.1, -0.05) is 12.1 Å². The number of aryl methyl sites for hydroxylation is 1. The summed E-state index contributed by atoms with van der Waals surface area (Å²) >= 11 is 1.55. The highest BCUT2D eigenvalue weighted by molar-refractivity contribution is 7.15. The highest BCUT2D eigenvalue weighted by atomic mass is 32.1. The molecule has 21 heavy (non-hydrogen) atoms. The van der Waals surface area contributed by atoms with Crippen molar-refractivity contribution in [3.63, 3.8) is 0 Å². The molecule has 1 aromatic carbocycles. The summed E-state index contributed by atoms with van der Waals surface area (Å²) in [4.78, 5) is 17.1. The number of aromatic nitrogens is 2. The first kappa shape index (κ1) is 13.8. The van der Waals surface area contributed by atoms with Gasteiger partial charge in [-0.15, -0.1) is 11.3 Å². The van der Waals surface area contributed by atoms with Gasteiger partial charge >= 0.3 is 0 Å². The average molecular weight is 303 g/mol. The Kier molecular flexibility index (Phi) is 3.96. The minimum Gasteiger partial charge on any atom is -0.350 e. The van der Waals surface area contributed by atoms with Crippen molar-refractivity contribution in [2.24, 2.45) is 0 Å². The minimum atomic E-state index is -0.272. The molecule has 0 radical (unpaired) electrons. The van der Waals surface area contributed by atoms with Gasteiger partial charge in [0.05, 0.1) is 12.2 Å². The summed E-state index contributed by atoms with van der Waals surface area (Å²) in [6, 6.07) is 6.32. The van der Waals surface area contributed by atoms with Gasteiger partial charge in [0.1, 0.15) is 5.82 Å². The van der Waals surface area contributed by atoms with Gasteiger partial charge in [-0.2, -0.15) is 0 Å². The second-order valence-corrected chi connectivity index (χ2v) is 5.60. The quantitative estimate of drug-likeness (QED) is 0.788. The van der Waals surface area contributed by atoms with Gasteiger partial charge in [0.2, 0.25) is 5.91 Å². The number of imidazole rings is 1. The molecule has 1 N–H and O–H groups in total. The molecule has 0 spiro atoms. The predicted molar refractivity (Wildman–Crippen MR) is 79.6 cm³/mol. The lowest BCUT2D eigenvalue weighted by Crippen LogP contribution is -2.23. The van der Waals surface area contributed by atoms with E-state index in [0.29, 0.717) is 19.4 Å². The Morgan fingerprint density at radius 2 is 2.33 bits per heavy atom. The van der Waals surface area contributed by atoms with Gasteiger partial charge in [-0.3, -0.25) is 9.20 Å². The van der Waals surface area contributed by atoms with E-state index in [1.54, 1.807) is 17.4 Å². The summed E-state index contributed by atoms with van der Waals surface area (Å²) in [6.07, 6.45) is 4.70. The Morgan fingerprint density at radius 3 is 3.14 bits per heavy atom. The normalized spacial score (nSPS) is 10.9. The molecular formula is C15H14FN3OS. The van der Waals surface area contributed by atoms with Crippen LogP contribution in [0.5, 0.6) is 0 Å². The summed E-state index contributed by atoms with van der Waals surface area (Å²) < 4.78 is 15.0. The van der Waals surface area contributed by atoms with Crippen molar-refractivity contribution in [3.8, 4) is 0 Å². The van der Waals surface area contributed by atoms with Crippen LogP contribution < -0.4 is 5.32 Å². The maximum Gasteiger partial charge on any atom is 0.220 e. The number of benzene rings is 1. The summed E-state index contributed by atoms with van der Waals surface area (Å²) in [5.74, 6) is -0.332. The van der Waals surface area contributed by atoms with Crippen LogP contribution >= 0.6 is 11.3 Å². The Morgan fingerprint density at radius 1 is 1.43 bits per heavy atom. The number of thiazole rings is 1. The fourth-order valence-corrected chi connectivity index (χ4v) is 2.81. The van der Waals surface area contributed by atoms with Crippen molar-refractivity contribution in [1.82, 2.24) is 14.7 Å². The minimum absolute atomic E-state index is 0.0596. The van der Waals surface area contributed by atoms with Crippen LogP contribution in [0.4, 0.5) is 4.39 Å². The number of hydrogen-bond donors (Lipinski definition) is 1. The number of carbonyl (C=O) groups excluding carboxylic acids is 1. The molecule has 108 valence electrons. The molecule has 0 unspecified atom stereocenters. The second kappa shape index (κ2) is 6.05. The molecule has 6 heteroatoms. The second-order valence-electron chi connectivity index (χ2n) is 4.73. The summed E-state index contributed by atoms with van der Waals surface area (Å²) in [5.41, 5.74) is 1.66. The van der Waals surface area contributed by atoms with Crippen LogP contribution in [0.2, 0.25) is 0 Å². The van der Waals surface area contributed by atoms with Gasteiger partial charge in [-0.25, -0.2) is 9.37 Å². The standard InChI is InChI=1S/C15H14FN3OS/c16-12-3-1-2-11(8-12)4-5-14(20)17-9-13-10-19-6-7-21-15(19)18-13/h1-3,6-8,10H,4-5,9H2,(H,17,20). The Balaban J connectivity index is 1.49. The first-order valence-electron chi connectivity index (χ1n) is 6.63. The van der Waals surface area contributed by atoms with E-state index in [-0.39, 0.29) is 11.7 Å². The van der Waals surface area contributed by atoms with Gasteiger partial charge in [0, 0.05) is 24.2 Å². The molecule has 0 saturated carbocycles. The molecular weight excluding hydrogens is 289 g/mol. The number of nitrogens with zero attached hydrogens (tertiary/aromatic N) is 2. The van der Waals surface area contributed by atoms with Crippen LogP contribution in [0.15, 0.2) is 42.0 Å². The molecule has 0 aliphatic rings. The molecule has 0 bridgehead atoms. The Labute approximate surface area is 125 Å². The van der Waals surface area contributed by atoms with Gasteiger partial charge in [0.25, 0.3) is 0 Å². The number of carbonyl (C=O) groups is 1. The van der Waals surface area contributed by atoms with E-state index in [1.807, 2.05) is 28.2 Å². The number of halogens is 1. The zero-order valence-corrected chi connectivity index (χ0v) is 12.1. The largest absolute Gasteiger partial charge is 0.350 e. The molecule has 3 aromatic rings. The maximum absolute atomic E-state index is 13.0. The maximum atomic E-state index is 13.0. The fourth-order valence-electron chi connectivity index (χ4n) is 2.09. The van der Waals surface area contributed by atoms with E-state index in [1.165, 1.54) is 12.1 Å². The third-order valence-corrected chi connectivity index (χ3v) is 3.91. The van der Waals surface area contributed by atoms with Crippen LogP contribution in [-0.2, 0) is 17.8 Å². The molecule has 0 aliphatic carbocycles. The van der Waals surface area contributed by atoms with E-state index in [4.69, 9.17) is 0 Å². The van der Waals surface area contributed by atoms with Crippen molar-refractivity contribution >= 4 is 22.2 Å². The lowest BCUT2D eigenvalue weighted by atomic mass is 10.1. The van der Waals surface area contributed by atoms with Crippen molar-refractivity contribution in [1.29, 1.82) is 0 Å². The van der Waals surface area contributed by atoms with E-state index in [9.17, 15) is 9.18 Å². The van der Waals surface area contributed by atoms with Crippen LogP contribution in [0, 0.1) is 5.82 Å². The van der Waals surface area contributed by atoms with Gasteiger partial charge in [-0.05, 0) is 24.1 Å². The predicted octanol–water partition coefficient (Wildman–Crippen LogP) is 2.78. The van der Waals surface area contributed by atoms with E-state index >= 15 is 0 Å². The van der Waals surface area contributed by atoms with Crippen LogP contribution in [-0.4, -0.2) is 15.3 Å². The first-order chi connectivity index (χ1) is 10.2. The summed E-state index contributed by atoms with van der Waals surface area (Å²) in [7, 11) is 0. The molecule has 0 atom stereocenters.